The molecule has 0 amide bonds. The van der Waals surface area contributed by atoms with Crippen LogP contribution in [0.5, 0.6) is 0 Å². The number of aromatic nitrogens is 2. The highest BCUT2D eigenvalue weighted by Crippen LogP contribution is 2.18. The van der Waals surface area contributed by atoms with Gasteiger partial charge in [-0.3, -0.25) is 0 Å². The molecule has 1 heterocycles. The van der Waals surface area contributed by atoms with Crippen molar-refractivity contribution >= 4 is 0 Å². The second-order valence-electron chi connectivity index (χ2n) is 4.43. The van der Waals surface area contributed by atoms with Crippen molar-refractivity contribution in [2.75, 3.05) is 0 Å². The molecule has 0 aliphatic carbocycles. The van der Waals surface area contributed by atoms with E-state index in [1.54, 1.807) is 0 Å². The van der Waals surface area contributed by atoms with Gasteiger partial charge in [-0.1, -0.05) is 44.2 Å². The molecule has 0 aliphatic rings. The van der Waals surface area contributed by atoms with Gasteiger partial charge in [0.25, 0.3) is 0 Å². The minimum absolute atomic E-state index is 0.236. The van der Waals surface area contributed by atoms with Gasteiger partial charge in [-0.2, -0.15) is 0 Å². The van der Waals surface area contributed by atoms with Crippen molar-refractivity contribution in [2.45, 2.75) is 32.2 Å². The average molecular weight is 231 g/mol. The van der Waals surface area contributed by atoms with E-state index in [1.165, 1.54) is 5.56 Å². The van der Waals surface area contributed by atoms with Crippen LogP contribution < -0.4 is 5.73 Å². The highest BCUT2D eigenvalue weighted by molar-refractivity contribution is 5.16. The predicted molar refractivity (Wildman–Crippen MR) is 65.5 cm³/mol. The lowest BCUT2D eigenvalue weighted by Crippen LogP contribution is -2.13. The van der Waals surface area contributed by atoms with Crippen LogP contribution in [0.1, 0.15) is 43.2 Å². The zero-order valence-electron chi connectivity index (χ0n) is 10.1. The van der Waals surface area contributed by atoms with Gasteiger partial charge in [-0.05, 0) is 12.0 Å². The predicted octanol–water partition coefficient (Wildman–Crippen LogP) is 2.44. The van der Waals surface area contributed by atoms with Crippen LogP contribution in [-0.2, 0) is 6.42 Å². The molecular weight excluding hydrogens is 214 g/mol. The second-order valence-corrected chi connectivity index (χ2v) is 4.43. The fourth-order valence-corrected chi connectivity index (χ4v) is 1.59. The molecule has 90 valence electrons. The van der Waals surface area contributed by atoms with Crippen molar-refractivity contribution in [1.29, 1.82) is 0 Å². The van der Waals surface area contributed by atoms with Crippen molar-refractivity contribution in [3.63, 3.8) is 0 Å². The molecule has 0 radical (unpaired) electrons. The number of nitrogens with zero attached hydrogens (tertiary/aromatic N) is 2. The summed E-state index contributed by atoms with van der Waals surface area (Å²) in [4.78, 5) is 0. The molecule has 17 heavy (non-hydrogen) atoms. The smallest absolute Gasteiger partial charge is 0.233 e. The van der Waals surface area contributed by atoms with Crippen LogP contribution in [-0.4, -0.2) is 10.2 Å². The minimum Gasteiger partial charge on any atom is -0.423 e. The monoisotopic (exact) mass is 231 g/mol. The summed E-state index contributed by atoms with van der Waals surface area (Å²) in [6, 6.07) is 9.82. The normalized spacial score (nSPS) is 12.9. The van der Waals surface area contributed by atoms with Crippen LogP contribution in [0.2, 0.25) is 0 Å². The first-order valence-electron chi connectivity index (χ1n) is 5.79. The number of rotatable bonds is 4. The van der Waals surface area contributed by atoms with E-state index in [9.17, 15) is 0 Å². The minimum atomic E-state index is -0.239. The molecule has 1 aromatic heterocycles. The molecule has 0 aliphatic heterocycles. The van der Waals surface area contributed by atoms with Gasteiger partial charge in [0.15, 0.2) is 0 Å². The molecule has 2 rings (SSSR count). The topological polar surface area (TPSA) is 64.9 Å². The second kappa shape index (κ2) is 5.10. The molecule has 1 aromatic carbocycles. The van der Waals surface area contributed by atoms with Gasteiger partial charge in [-0.15, -0.1) is 10.2 Å². The van der Waals surface area contributed by atoms with E-state index in [0.29, 0.717) is 18.2 Å². The van der Waals surface area contributed by atoms with E-state index in [1.807, 2.05) is 44.2 Å². The summed E-state index contributed by atoms with van der Waals surface area (Å²) in [5, 5.41) is 7.97. The maximum Gasteiger partial charge on any atom is 0.233 e. The van der Waals surface area contributed by atoms with Gasteiger partial charge < -0.3 is 10.2 Å². The van der Waals surface area contributed by atoms with E-state index in [4.69, 9.17) is 10.2 Å². The number of nitrogens with two attached hydrogens (primary N) is 1. The number of hydrogen-bond donors (Lipinski definition) is 1. The third-order valence-electron chi connectivity index (χ3n) is 2.57. The zero-order valence-corrected chi connectivity index (χ0v) is 10.1. The SMILES string of the molecule is CC(C)c1nnc(C(N)Cc2ccccc2)o1. The maximum absolute atomic E-state index is 6.04. The first kappa shape index (κ1) is 11.8. The Bertz CT molecular complexity index is 465. The van der Waals surface area contributed by atoms with E-state index < -0.39 is 0 Å². The van der Waals surface area contributed by atoms with Crippen LogP contribution in [0.25, 0.3) is 0 Å². The summed E-state index contributed by atoms with van der Waals surface area (Å²) in [6.45, 7) is 4.03. The van der Waals surface area contributed by atoms with Gasteiger partial charge in [0, 0.05) is 5.92 Å². The van der Waals surface area contributed by atoms with Crippen molar-refractivity contribution in [1.82, 2.24) is 10.2 Å². The van der Waals surface area contributed by atoms with Crippen LogP contribution in [0.3, 0.4) is 0 Å². The standard InChI is InChI=1S/C13H17N3O/c1-9(2)12-15-16-13(17-12)11(14)8-10-6-4-3-5-7-10/h3-7,9,11H,8,14H2,1-2H3. The van der Waals surface area contributed by atoms with E-state index >= 15 is 0 Å². The van der Waals surface area contributed by atoms with E-state index in [-0.39, 0.29) is 12.0 Å². The Morgan fingerprint density at radius 3 is 2.35 bits per heavy atom. The quantitative estimate of drug-likeness (QED) is 0.877. The van der Waals surface area contributed by atoms with Crippen molar-refractivity contribution in [3.05, 3.63) is 47.7 Å². The van der Waals surface area contributed by atoms with Crippen molar-refractivity contribution in [3.8, 4) is 0 Å². The van der Waals surface area contributed by atoms with E-state index in [0.717, 1.165) is 0 Å². The highest BCUT2D eigenvalue weighted by Gasteiger charge is 2.16. The lowest BCUT2D eigenvalue weighted by Gasteiger charge is -2.06. The largest absolute Gasteiger partial charge is 0.423 e. The molecule has 2 aromatic rings. The Hall–Kier alpha value is -1.68. The summed E-state index contributed by atoms with van der Waals surface area (Å²) in [6.07, 6.45) is 0.709. The molecule has 0 saturated heterocycles. The van der Waals surface area contributed by atoms with Crippen molar-refractivity contribution in [2.24, 2.45) is 5.73 Å². The summed E-state index contributed by atoms with van der Waals surface area (Å²) in [5.74, 6) is 1.39. The molecule has 4 heteroatoms. The van der Waals surface area contributed by atoms with Crippen LogP contribution in [0.15, 0.2) is 34.7 Å². The number of hydrogen-bond acceptors (Lipinski definition) is 4. The summed E-state index contributed by atoms with van der Waals surface area (Å²) >= 11 is 0. The average Bonchev–Trinajstić information content (AvgIpc) is 2.79. The van der Waals surface area contributed by atoms with Crippen molar-refractivity contribution < 1.29 is 4.42 Å². The lowest BCUT2D eigenvalue weighted by molar-refractivity contribution is 0.403. The van der Waals surface area contributed by atoms with Gasteiger partial charge >= 0.3 is 0 Å². The fourth-order valence-electron chi connectivity index (χ4n) is 1.59. The van der Waals surface area contributed by atoms with Crippen LogP contribution in [0.4, 0.5) is 0 Å². The zero-order chi connectivity index (χ0) is 12.3. The third kappa shape index (κ3) is 2.91. The Labute approximate surface area is 101 Å². The summed E-state index contributed by atoms with van der Waals surface area (Å²) in [7, 11) is 0. The molecular formula is C13H17N3O. The maximum atomic E-state index is 6.04. The fraction of sp³-hybridized carbons (Fsp3) is 0.385. The first-order chi connectivity index (χ1) is 8.16. The lowest BCUT2D eigenvalue weighted by atomic mass is 10.1. The molecule has 4 nitrogen and oxygen atoms in total. The molecule has 0 saturated carbocycles. The Morgan fingerprint density at radius 2 is 1.76 bits per heavy atom. The Morgan fingerprint density at radius 1 is 1.12 bits per heavy atom. The molecule has 1 atom stereocenters. The highest BCUT2D eigenvalue weighted by atomic mass is 16.4. The molecule has 0 fully saturated rings. The molecule has 0 spiro atoms. The summed E-state index contributed by atoms with van der Waals surface area (Å²) in [5.41, 5.74) is 7.21. The first-order valence-corrected chi connectivity index (χ1v) is 5.79. The molecule has 1 unspecified atom stereocenters. The molecule has 2 N–H and O–H groups in total. The Balaban J connectivity index is 2.07. The van der Waals surface area contributed by atoms with E-state index in [2.05, 4.69) is 10.2 Å². The Kier molecular flexibility index (Phi) is 3.54. The molecule has 0 bridgehead atoms. The van der Waals surface area contributed by atoms with Gasteiger partial charge in [0.05, 0.1) is 6.04 Å². The number of benzene rings is 1. The summed E-state index contributed by atoms with van der Waals surface area (Å²) < 4.78 is 5.53. The third-order valence-corrected chi connectivity index (χ3v) is 2.57. The van der Waals surface area contributed by atoms with Crippen LogP contribution >= 0.6 is 0 Å². The van der Waals surface area contributed by atoms with Gasteiger partial charge in [0.1, 0.15) is 0 Å². The van der Waals surface area contributed by atoms with Crippen LogP contribution in [0, 0.1) is 0 Å². The van der Waals surface area contributed by atoms with Gasteiger partial charge in [0.2, 0.25) is 11.8 Å². The van der Waals surface area contributed by atoms with Gasteiger partial charge in [-0.25, -0.2) is 0 Å².